The summed E-state index contributed by atoms with van der Waals surface area (Å²) >= 11 is 6.18. The van der Waals surface area contributed by atoms with E-state index in [4.69, 9.17) is 11.6 Å². The number of carbonyl (C=O) groups excluding carboxylic acids is 4. The minimum Gasteiger partial charge on any atom is -0.297 e. The Balaban J connectivity index is 0.976. The van der Waals surface area contributed by atoms with Crippen molar-refractivity contribution in [3.05, 3.63) is 75.3 Å². The molecule has 0 radical (unpaired) electrons. The molecule has 9 nitrogen and oxygen atoms in total. The molecule has 2 aromatic carbocycles. The van der Waals surface area contributed by atoms with Gasteiger partial charge in [0.1, 0.15) is 6.04 Å². The zero-order chi connectivity index (χ0) is 35.4. The summed E-state index contributed by atoms with van der Waals surface area (Å²) in [7, 11) is 0. The summed E-state index contributed by atoms with van der Waals surface area (Å²) in [5.41, 5.74) is 5.05. The monoisotopic (exact) mass is 707 g/mol. The molecule has 266 valence electrons. The van der Waals surface area contributed by atoms with Crippen LogP contribution in [0.4, 0.5) is 8.78 Å². The number of benzene rings is 2. The molecule has 0 aromatic heterocycles. The Morgan fingerprint density at radius 2 is 1.60 bits per heavy atom. The fourth-order valence-electron chi connectivity index (χ4n) is 8.51. The summed E-state index contributed by atoms with van der Waals surface area (Å²) in [4.78, 5) is 57.8. The molecule has 2 aromatic rings. The summed E-state index contributed by atoms with van der Waals surface area (Å²) in [6, 6.07) is 11.0. The molecule has 3 saturated heterocycles. The Morgan fingerprint density at radius 1 is 0.860 bits per heavy atom. The number of likely N-dealkylation sites (tertiary alicyclic amines) is 1. The lowest BCUT2D eigenvalue weighted by molar-refractivity contribution is -0.136. The van der Waals surface area contributed by atoms with Crippen LogP contribution in [0.1, 0.15) is 84.2 Å². The van der Waals surface area contributed by atoms with Gasteiger partial charge in [0.25, 0.3) is 17.7 Å². The van der Waals surface area contributed by atoms with Crippen LogP contribution in [0.3, 0.4) is 0 Å². The number of carbonyl (C=O) groups is 4. The Kier molecular flexibility index (Phi) is 9.47. The molecular weight excluding hydrogens is 664 g/mol. The molecule has 12 heteroatoms. The molecule has 2 atom stereocenters. The number of imide groups is 2. The number of hydrogen-bond donors (Lipinski definition) is 1. The SMILES string of the molecule is CC1(C)CCC(CN2CCN(C3CCN(Cc4cccc5c4C(=O)N(C4CCC(=O)NC4=O)C5=O)CC3(F)F)CC2)=C(c2ccc(Cl)cc2)C1. The van der Waals surface area contributed by atoms with Gasteiger partial charge in [0.05, 0.1) is 23.7 Å². The Bertz CT molecular complexity index is 1740. The number of piperidine rings is 2. The lowest BCUT2D eigenvalue weighted by Crippen LogP contribution is -2.61. The number of halogens is 3. The van der Waals surface area contributed by atoms with Gasteiger partial charge < -0.3 is 0 Å². The minimum atomic E-state index is -2.96. The van der Waals surface area contributed by atoms with Gasteiger partial charge in [0, 0.05) is 57.3 Å². The molecular formula is C38H44ClF2N5O4. The molecule has 4 amide bonds. The van der Waals surface area contributed by atoms with E-state index in [0.717, 1.165) is 48.8 Å². The first-order valence-corrected chi connectivity index (χ1v) is 18.0. The first kappa shape index (κ1) is 34.9. The zero-order valence-corrected chi connectivity index (χ0v) is 29.4. The van der Waals surface area contributed by atoms with Crippen molar-refractivity contribution in [3.63, 3.8) is 0 Å². The van der Waals surface area contributed by atoms with Gasteiger partial charge in [0.15, 0.2) is 0 Å². The van der Waals surface area contributed by atoms with E-state index in [1.807, 2.05) is 17.0 Å². The smallest absolute Gasteiger partial charge is 0.275 e. The van der Waals surface area contributed by atoms with E-state index in [9.17, 15) is 19.2 Å². The van der Waals surface area contributed by atoms with Gasteiger partial charge in [-0.2, -0.15) is 0 Å². The number of rotatable bonds is 7. The highest BCUT2D eigenvalue weighted by molar-refractivity contribution is 6.30. The standard InChI is InChI=1S/C38H44ClF2N5O4/c1-37(2)14-12-25(29(20-37)24-6-8-27(39)9-7-24)21-43-16-18-45(19-17-43)31-13-15-44(23-38(31,40)41)22-26-4-3-5-28-33(26)36(50)46(35(28)49)30-10-11-32(47)42-34(30)48/h3-9,30-31H,10-23H2,1-2H3,(H,42,47,48). The van der Waals surface area contributed by atoms with Crippen molar-refractivity contribution in [2.75, 3.05) is 45.8 Å². The number of allylic oxidation sites excluding steroid dienone is 1. The molecule has 0 spiro atoms. The molecule has 0 saturated carbocycles. The number of hydrogen-bond acceptors (Lipinski definition) is 7. The number of nitrogens with zero attached hydrogens (tertiary/aromatic N) is 4. The highest BCUT2D eigenvalue weighted by Crippen LogP contribution is 2.43. The van der Waals surface area contributed by atoms with Crippen molar-refractivity contribution in [1.82, 2.24) is 24.9 Å². The van der Waals surface area contributed by atoms with Gasteiger partial charge in [0.2, 0.25) is 11.8 Å². The van der Waals surface area contributed by atoms with Crippen LogP contribution < -0.4 is 5.32 Å². The topological polar surface area (TPSA) is 93.3 Å². The maximum absolute atomic E-state index is 15.9. The van der Waals surface area contributed by atoms with Crippen LogP contribution in [0.25, 0.3) is 5.57 Å². The number of piperazine rings is 1. The van der Waals surface area contributed by atoms with Gasteiger partial charge in [-0.15, -0.1) is 0 Å². The van der Waals surface area contributed by atoms with E-state index in [-0.39, 0.29) is 42.3 Å². The van der Waals surface area contributed by atoms with E-state index in [0.29, 0.717) is 25.2 Å². The highest BCUT2D eigenvalue weighted by atomic mass is 35.5. The molecule has 3 fully saturated rings. The van der Waals surface area contributed by atoms with Crippen LogP contribution >= 0.6 is 11.6 Å². The third kappa shape index (κ3) is 6.89. The van der Waals surface area contributed by atoms with E-state index >= 15 is 8.78 Å². The predicted octanol–water partition coefficient (Wildman–Crippen LogP) is 5.23. The van der Waals surface area contributed by atoms with Crippen LogP contribution in [0.5, 0.6) is 0 Å². The number of alkyl halides is 2. The second-order valence-corrected chi connectivity index (χ2v) is 15.7. The fourth-order valence-corrected chi connectivity index (χ4v) is 8.63. The van der Waals surface area contributed by atoms with Crippen LogP contribution in [0.15, 0.2) is 48.0 Å². The Labute approximate surface area is 296 Å². The van der Waals surface area contributed by atoms with Crippen molar-refractivity contribution in [2.45, 2.75) is 76.9 Å². The molecule has 4 aliphatic heterocycles. The molecule has 1 aliphatic carbocycles. The summed E-state index contributed by atoms with van der Waals surface area (Å²) in [5.74, 6) is -5.31. The maximum Gasteiger partial charge on any atom is 0.275 e. The van der Waals surface area contributed by atoms with E-state index in [2.05, 4.69) is 36.2 Å². The number of fused-ring (bicyclic) bond motifs is 1. The highest BCUT2D eigenvalue weighted by Gasteiger charge is 2.49. The Morgan fingerprint density at radius 3 is 2.30 bits per heavy atom. The van der Waals surface area contributed by atoms with Gasteiger partial charge in [-0.05, 0) is 72.4 Å². The summed E-state index contributed by atoms with van der Waals surface area (Å²) in [5, 5.41) is 2.92. The largest absolute Gasteiger partial charge is 0.297 e. The third-order valence-corrected chi connectivity index (χ3v) is 11.5. The van der Waals surface area contributed by atoms with Crippen LogP contribution in [-0.4, -0.2) is 107 Å². The van der Waals surface area contributed by atoms with Gasteiger partial charge in [-0.25, -0.2) is 8.78 Å². The van der Waals surface area contributed by atoms with Crippen LogP contribution in [-0.2, 0) is 16.1 Å². The quantitative estimate of drug-likeness (QED) is 0.394. The molecule has 5 aliphatic rings. The van der Waals surface area contributed by atoms with Gasteiger partial charge in [-0.3, -0.25) is 44.1 Å². The normalized spacial score (nSPS) is 26.4. The lowest BCUT2D eigenvalue weighted by Gasteiger charge is -2.46. The van der Waals surface area contributed by atoms with Gasteiger partial charge >= 0.3 is 0 Å². The van der Waals surface area contributed by atoms with E-state index < -0.39 is 48.2 Å². The maximum atomic E-state index is 15.9. The third-order valence-electron chi connectivity index (χ3n) is 11.2. The van der Waals surface area contributed by atoms with Crippen molar-refractivity contribution < 1.29 is 28.0 Å². The van der Waals surface area contributed by atoms with Crippen LogP contribution in [0.2, 0.25) is 5.02 Å². The molecule has 1 N–H and O–H groups in total. The number of amides is 4. The molecule has 0 bridgehead atoms. The Hall–Kier alpha value is -3.51. The summed E-state index contributed by atoms with van der Waals surface area (Å²) < 4.78 is 31.8. The van der Waals surface area contributed by atoms with Crippen molar-refractivity contribution in [1.29, 1.82) is 0 Å². The zero-order valence-electron chi connectivity index (χ0n) is 28.7. The lowest BCUT2D eigenvalue weighted by atomic mass is 9.72. The predicted molar refractivity (Wildman–Crippen MR) is 186 cm³/mol. The fraction of sp³-hybridized carbons (Fsp3) is 0.526. The second-order valence-electron chi connectivity index (χ2n) is 15.3. The van der Waals surface area contributed by atoms with E-state index in [1.54, 1.807) is 17.0 Å². The average molecular weight is 708 g/mol. The summed E-state index contributed by atoms with van der Waals surface area (Å²) in [6.07, 6.45) is 3.53. The first-order valence-electron chi connectivity index (χ1n) is 17.7. The minimum absolute atomic E-state index is 0.0254. The first-order chi connectivity index (χ1) is 23.8. The number of nitrogens with one attached hydrogen (secondary N) is 1. The van der Waals surface area contributed by atoms with E-state index in [1.165, 1.54) is 22.8 Å². The van der Waals surface area contributed by atoms with Crippen molar-refractivity contribution in [2.24, 2.45) is 5.41 Å². The average Bonchev–Trinajstić information content (AvgIpc) is 3.32. The summed E-state index contributed by atoms with van der Waals surface area (Å²) in [6.45, 7) is 8.15. The molecule has 50 heavy (non-hydrogen) atoms. The van der Waals surface area contributed by atoms with Gasteiger partial charge in [-0.1, -0.05) is 55.3 Å². The molecule has 7 rings (SSSR count). The van der Waals surface area contributed by atoms with Crippen LogP contribution in [0, 0.1) is 5.41 Å². The second kappa shape index (κ2) is 13.6. The van der Waals surface area contributed by atoms with Crippen molar-refractivity contribution in [3.8, 4) is 0 Å². The van der Waals surface area contributed by atoms with Crippen molar-refractivity contribution >= 4 is 40.8 Å². The molecule has 4 heterocycles. The molecule has 2 unspecified atom stereocenters.